The lowest BCUT2D eigenvalue weighted by Gasteiger charge is -2.21. The van der Waals surface area contributed by atoms with Crippen LogP contribution in [0, 0.1) is 5.92 Å². The second kappa shape index (κ2) is 9.23. The largest absolute Gasteiger partial charge is 0.507 e. The van der Waals surface area contributed by atoms with Crippen LogP contribution in [0.15, 0.2) is 53.6 Å². The van der Waals surface area contributed by atoms with E-state index in [0.29, 0.717) is 12.1 Å². The highest BCUT2D eigenvalue weighted by Gasteiger charge is 2.40. The molecule has 3 rings (SSSR count). The van der Waals surface area contributed by atoms with Gasteiger partial charge in [0.15, 0.2) is 0 Å². The van der Waals surface area contributed by atoms with Crippen molar-refractivity contribution in [3.63, 3.8) is 0 Å². The summed E-state index contributed by atoms with van der Waals surface area (Å²) in [6, 6.07) is 14.8. The van der Waals surface area contributed by atoms with E-state index in [0.717, 1.165) is 24.3 Å². The molecule has 1 aliphatic heterocycles. The molecule has 29 heavy (non-hydrogen) atoms. The second-order valence-corrected chi connectivity index (χ2v) is 6.89. The van der Waals surface area contributed by atoms with Crippen LogP contribution in [0.3, 0.4) is 0 Å². The highest BCUT2D eigenvalue weighted by atomic mass is 16.3. The lowest BCUT2D eigenvalue weighted by atomic mass is 9.88. The maximum atomic E-state index is 12.6. The average molecular weight is 394 g/mol. The number of hydrogen-bond donors (Lipinski definition) is 3. The molecule has 0 aliphatic carbocycles. The number of carbonyl (C=O) groups excluding carboxylic acids is 2. The highest BCUT2D eigenvalue weighted by Crippen LogP contribution is 2.29. The monoisotopic (exact) mass is 394 g/mol. The van der Waals surface area contributed by atoms with Crippen LogP contribution in [0.2, 0.25) is 0 Å². The Kier molecular flexibility index (Phi) is 6.49. The van der Waals surface area contributed by atoms with E-state index < -0.39 is 11.8 Å². The summed E-state index contributed by atoms with van der Waals surface area (Å²) in [5, 5.41) is 16.9. The summed E-state index contributed by atoms with van der Waals surface area (Å²) in [5.74, 6) is -1.77. The number of benzene rings is 2. The molecule has 0 spiro atoms. The molecular formula is C22H26N4O3. The van der Waals surface area contributed by atoms with Gasteiger partial charge in [0.05, 0.1) is 6.21 Å². The highest BCUT2D eigenvalue weighted by molar-refractivity contribution is 6.03. The summed E-state index contributed by atoms with van der Waals surface area (Å²) >= 11 is 0. The van der Waals surface area contributed by atoms with E-state index in [1.807, 2.05) is 50.2 Å². The van der Waals surface area contributed by atoms with Gasteiger partial charge in [-0.1, -0.05) is 30.3 Å². The standard InChI is InChI=1S/C22H26N4O3/c1-3-26(4-2)17-11-10-16(19(27)12-17)13-24-25-22(29)20-18(14-23-21(20)28)15-8-6-5-7-9-15/h5-13,18,20,27H,3-4,14H2,1-2H3,(H,23,28)(H,25,29)/b24-13-. The zero-order valence-corrected chi connectivity index (χ0v) is 16.6. The molecular weight excluding hydrogens is 368 g/mol. The number of aromatic hydroxyl groups is 1. The van der Waals surface area contributed by atoms with Crippen LogP contribution in [0.25, 0.3) is 0 Å². The van der Waals surface area contributed by atoms with Gasteiger partial charge in [0, 0.05) is 42.9 Å². The molecule has 1 heterocycles. The number of nitrogens with one attached hydrogen (secondary N) is 2. The number of nitrogens with zero attached hydrogens (tertiary/aromatic N) is 2. The summed E-state index contributed by atoms with van der Waals surface area (Å²) in [5.41, 5.74) is 4.77. The minimum absolute atomic E-state index is 0.0770. The second-order valence-electron chi connectivity index (χ2n) is 6.89. The number of anilines is 1. The van der Waals surface area contributed by atoms with Crippen LogP contribution in [-0.4, -0.2) is 42.8 Å². The number of amides is 2. The van der Waals surface area contributed by atoms with E-state index in [1.54, 1.807) is 12.1 Å². The first-order chi connectivity index (χ1) is 14.0. The van der Waals surface area contributed by atoms with Crippen LogP contribution in [0.4, 0.5) is 5.69 Å². The van der Waals surface area contributed by atoms with Gasteiger partial charge in [-0.05, 0) is 31.5 Å². The maximum Gasteiger partial charge on any atom is 0.253 e. The van der Waals surface area contributed by atoms with E-state index in [2.05, 4.69) is 20.7 Å². The van der Waals surface area contributed by atoms with Gasteiger partial charge in [-0.3, -0.25) is 9.59 Å². The normalized spacial score (nSPS) is 18.6. The van der Waals surface area contributed by atoms with Crippen LogP contribution in [0.5, 0.6) is 5.75 Å². The third kappa shape index (κ3) is 4.56. The van der Waals surface area contributed by atoms with Crippen molar-refractivity contribution < 1.29 is 14.7 Å². The van der Waals surface area contributed by atoms with E-state index >= 15 is 0 Å². The van der Waals surface area contributed by atoms with Crippen LogP contribution in [0.1, 0.15) is 30.9 Å². The average Bonchev–Trinajstić information content (AvgIpc) is 3.12. The van der Waals surface area contributed by atoms with Gasteiger partial charge in [-0.2, -0.15) is 5.10 Å². The molecule has 0 radical (unpaired) electrons. The Morgan fingerprint density at radius 2 is 1.97 bits per heavy atom. The Bertz CT molecular complexity index is 894. The van der Waals surface area contributed by atoms with Crippen molar-refractivity contribution >= 4 is 23.7 Å². The first-order valence-electron chi connectivity index (χ1n) is 9.78. The number of rotatable bonds is 7. The number of phenols is 1. The molecule has 2 aromatic rings. The summed E-state index contributed by atoms with van der Waals surface area (Å²) in [7, 11) is 0. The molecule has 0 bridgehead atoms. The van der Waals surface area contributed by atoms with Gasteiger partial charge >= 0.3 is 0 Å². The van der Waals surface area contributed by atoms with Gasteiger partial charge in [0.1, 0.15) is 11.7 Å². The molecule has 1 saturated heterocycles. The third-order valence-corrected chi connectivity index (χ3v) is 5.21. The molecule has 3 N–H and O–H groups in total. The van der Waals surface area contributed by atoms with Crippen molar-refractivity contribution in [2.24, 2.45) is 11.0 Å². The number of hydrogen-bond acceptors (Lipinski definition) is 5. The minimum Gasteiger partial charge on any atom is -0.507 e. The summed E-state index contributed by atoms with van der Waals surface area (Å²) in [6.45, 7) is 6.19. The number of carbonyl (C=O) groups is 2. The Morgan fingerprint density at radius 1 is 1.24 bits per heavy atom. The zero-order chi connectivity index (χ0) is 20.8. The zero-order valence-electron chi connectivity index (χ0n) is 16.6. The fraction of sp³-hybridized carbons (Fsp3) is 0.318. The summed E-state index contributed by atoms with van der Waals surface area (Å²) in [6.07, 6.45) is 1.38. The van der Waals surface area contributed by atoms with Crippen LogP contribution in [-0.2, 0) is 9.59 Å². The lowest BCUT2D eigenvalue weighted by molar-refractivity contribution is -0.133. The molecule has 2 aromatic carbocycles. The summed E-state index contributed by atoms with van der Waals surface area (Å²) < 4.78 is 0. The molecule has 152 valence electrons. The molecule has 0 aromatic heterocycles. The van der Waals surface area contributed by atoms with E-state index in [1.165, 1.54) is 6.21 Å². The van der Waals surface area contributed by atoms with Gasteiger partial charge < -0.3 is 15.3 Å². The predicted molar refractivity (Wildman–Crippen MR) is 113 cm³/mol. The van der Waals surface area contributed by atoms with Gasteiger partial charge in [-0.15, -0.1) is 0 Å². The van der Waals surface area contributed by atoms with Crippen LogP contribution >= 0.6 is 0 Å². The molecule has 2 unspecified atom stereocenters. The van der Waals surface area contributed by atoms with Crippen molar-refractivity contribution in [1.82, 2.24) is 10.7 Å². The molecule has 7 nitrogen and oxygen atoms in total. The predicted octanol–water partition coefficient (Wildman–Crippen LogP) is 2.22. The van der Waals surface area contributed by atoms with Crippen molar-refractivity contribution in [2.45, 2.75) is 19.8 Å². The molecule has 2 atom stereocenters. The smallest absolute Gasteiger partial charge is 0.253 e. The quantitative estimate of drug-likeness (QED) is 0.381. The molecule has 2 amide bonds. The first kappa shape index (κ1) is 20.4. The molecule has 7 heteroatoms. The Balaban J connectivity index is 1.68. The van der Waals surface area contributed by atoms with E-state index in [4.69, 9.17) is 0 Å². The fourth-order valence-electron chi connectivity index (χ4n) is 3.60. The maximum absolute atomic E-state index is 12.6. The van der Waals surface area contributed by atoms with Gasteiger partial charge in [0.25, 0.3) is 5.91 Å². The molecule has 1 aliphatic rings. The van der Waals surface area contributed by atoms with Crippen molar-refractivity contribution in [1.29, 1.82) is 0 Å². The first-order valence-corrected chi connectivity index (χ1v) is 9.78. The van der Waals surface area contributed by atoms with Crippen LogP contribution < -0.4 is 15.6 Å². The Hall–Kier alpha value is -3.35. The lowest BCUT2D eigenvalue weighted by Crippen LogP contribution is -2.34. The van der Waals surface area contributed by atoms with Crippen molar-refractivity contribution in [3.05, 3.63) is 59.7 Å². The van der Waals surface area contributed by atoms with Gasteiger partial charge in [0.2, 0.25) is 5.91 Å². The number of phenolic OH excluding ortho intramolecular Hbond substituents is 1. The van der Waals surface area contributed by atoms with E-state index in [-0.39, 0.29) is 17.6 Å². The minimum atomic E-state index is -0.840. The molecule has 0 saturated carbocycles. The third-order valence-electron chi connectivity index (χ3n) is 5.21. The van der Waals surface area contributed by atoms with Gasteiger partial charge in [-0.25, -0.2) is 5.43 Å². The van der Waals surface area contributed by atoms with E-state index in [9.17, 15) is 14.7 Å². The fourth-order valence-corrected chi connectivity index (χ4v) is 3.60. The Morgan fingerprint density at radius 3 is 2.62 bits per heavy atom. The topological polar surface area (TPSA) is 94.0 Å². The van der Waals surface area contributed by atoms with Crippen molar-refractivity contribution in [3.8, 4) is 5.75 Å². The van der Waals surface area contributed by atoms with Crippen molar-refractivity contribution in [2.75, 3.05) is 24.5 Å². The Labute approximate surface area is 170 Å². The molecule has 1 fully saturated rings. The summed E-state index contributed by atoms with van der Waals surface area (Å²) in [4.78, 5) is 26.9. The number of hydrazone groups is 1. The SMILES string of the molecule is CCN(CC)c1ccc(/C=N\NC(=O)C2C(=O)NCC2c2ccccc2)c(O)c1.